The van der Waals surface area contributed by atoms with Gasteiger partial charge in [-0.1, -0.05) is 29.8 Å². The third-order valence-corrected chi connectivity index (χ3v) is 2.52. The van der Waals surface area contributed by atoms with Gasteiger partial charge in [0.05, 0.1) is 6.54 Å². The number of hydrogen-bond acceptors (Lipinski definition) is 3. The van der Waals surface area contributed by atoms with E-state index in [9.17, 15) is 4.79 Å². The van der Waals surface area contributed by atoms with Gasteiger partial charge in [0.15, 0.2) is 5.78 Å². The fourth-order valence-corrected chi connectivity index (χ4v) is 1.68. The molecule has 0 N–H and O–H groups in total. The molecule has 16 heavy (non-hydrogen) atoms. The number of methoxy groups -OCH3 is 1. The molecule has 0 atom stereocenters. The number of Topliss-reactive ketones (excluding diaryl/α,β-unsaturated/α-hetero) is 1. The predicted octanol–water partition coefficient (Wildman–Crippen LogP) is 1.99. The third-order valence-electron chi connectivity index (χ3n) is 2.15. The van der Waals surface area contributed by atoms with Gasteiger partial charge in [-0.3, -0.25) is 9.69 Å². The van der Waals surface area contributed by atoms with Crippen molar-refractivity contribution in [2.75, 3.05) is 27.3 Å². The molecule has 0 aliphatic heterocycles. The summed E-state index contributed by atoms with van der Waals surface area (Å²) >= 11 is 6.03. The summed E-state index contributed by atoms with van der Waals surface area (Å²) < 4.78 is 4.78. The maximum absolute atomic E-state index is 11.3. The second-order valence-corrected chi connectivity index (χ2v) is 4.14. The maximum atomic E-state index is 11.3. The van der Waals surface area contributed by atoms with Gasteiger partial charge in [0.25, 0.3) is 0 Å². The first-order valence-electron chi connectivity index (χ1n) is 5.06. The Morgan fingerprint density at radius 3 is 2.75 bits per heavy atom. The molecule has 0 unspecified atom stereocenters. The van der Waals surface area contributed by atoms with Crippen LogP contribution in [0.5, 0.6) is 0 Å². The summed E-state index contributed by atoms with van der Waals surface area (Å²) in [6.07, 6.45) is 0. The molecule has 0 aromatic heterocycles. The summed E-state index contributed by atoms with van der Waals surface area (Å²) in [6.45, 7) is 1.20. The second kappa shape index (κ2) is 6.63. The summed E-state index contributed by atoms with van der Waals surface area (Å²) in [6, 6.07) is 7.63. The van der Waals surface area contributed by atoms with E-state index in [-0.39, 0.29) is 12.4 Å². The number of nitrogens with zero attached hydrogens (tertiary/aromatic N) is 1. The molecule has 0 saturated heterocycles. The number of carbonyl (C=O) groups excluding carboxylic acids is 1. The zero-order valence-corrected chi connectivity index (χ0v) is 10.3. The van der Waals surface area contributed by atoms with Crippen LogP contribution < -0.4 is 0 Å². The summed E-state index contributed by atoms with van der Waals surface area (Å²) in [5.74, 6) is 0.0667. The van der Waals surface area contributed by atoms with Gasteiger partial charge in [-0.2, -0.15) is 0 Å². The lowest BCUT2D eigenvalue weighted by Gasteiger charge is -2.16. The number of ketones is 1. The Bertz CT molecular complexity index is 355. The Hall–Kier alpha value is -0.900. The standard InChI is InChI=1S/C12H16ClNO2/c1-14(8-11(15)9-16-2)7-10-5-3-4-6-12(10)13/h3-6H,7-9H2,1-2H3. The Labute approximate surface area is 101 Å². The molecule has 0 bridgehead atoms. The smallest absolute Gasteiger partial charge is 0.172 e. The zero-order valence-electron chi connectivity index (χ0n) is 9.57. The van der Waals surface area contributed by atoms with E-state index < -0.39 is 0 Å². The molecular formula is C12H16ClNO2. The quantitative estimate of drug-likeness (QED) is 0.763. The van der Waals surface area contributed by atoms with Crippen molar-refractivity contribution in [3.05, 3.63) is 34.9 Å². The number of likely N-dealkylation sites (N-methyl/N-ethyl adjacent to an activating group) is 1. The van der Waals surface area contributed by atoms with Crippen molar-refractivity contribution in [1.29, 1.82) is 0 Å². The highest BCUT2D eigenvalue weighted by Gasteiger charge is 2.08. The molecule has 1 aromatic carbocycles. The number of halogens is 1. The van der Waals surface area contributed by atoms with Crippen molar-refractivity contribution >= 4 is 17.4 Å². The number of benzene rings is 1. The van der Waals surface area contributed by atoms with E-state index in [0.29, 0.717) is 13.1 Å². The lowest BCUT2D eigenvalue weighted by molar-refractivity contribution is -0.123. The lowest BCUT2D eigenvalue weighted by atomic mass is 10.2. The van der Waals surface area contributed by atoms with Gasteiger partial charge in [0, 0.05) is 18.7 Å². The van der Waals surface area contributed by atoms with Crippen LogP contribution >= 0.6 is 11.6 Å². The molecule has 1 rings (SSSR count). The molecule has 88 valence electrons. The Morgan fingerprint density at radius 2 is 2.12 bits per heavy atom. The molecule has 1 aromatic rings. The van der Waals surface area contributed by atoms with Gasteiger partial charge < -0.3 is 4.74 Å². The van der Waals surface area contributed by atoms with Gasteiger partial charge in [-0.05, 0) is 18.7 Å². The highest BCUT2D eigenvalue weighted by molar-refractivity contribution is 6.31. The van der Waals surface area contributed by atoms with E-state index in [1.54, 1.807) is 0 Å². The first kappa shape index (κ1) is 13.2. The molecule has 3 nitrogen and oxygen atoms in total. The minimum Gasteiger partial charge on any atom is -0.377 e. The number of rotatable bonds is 6. The van der Waals surface area contributed by atoms with Crippen molar-refractivity contribution in [3.63, 3.8) is 0 Å². The highest BCUT2D eigenvalue weighted by atomic mass is 35.5. The first-order valence-corrected chi connectivity index (χ1v) is 5.44. The van der Waals surface area contributed by atoms with Crippen LogP contribution in [-0.2, 0) is 16.1 Å². The number of hydrogen-bond donors (Lipinski definition) is 0. The van der Waals surface area contributed by atoms with Crippen LogP contribution in [0.3, 0.4) is 0 Å². The van der Waals surface area contributed by atoms with Crippen molar-refractivity contribution in [3.8, 4) is 0 Å². The third kappa shape index (κ3) is 4.31. The van der Waals surface area contributed by atoms with E-state index >= 15 is 0 Å². The normalized spacial score (nSPS) is 10.8. The molecule has 0 spiro atoms. The summed E-state index contributed by atoms with van der Waals surface area (Å²) in [7, 11) is 3.41. The molecule has 0 aliphatic rings. The van der Waals surface area contributed by atoms with Crippen LogP contribution in [0.15, 0.2) is 24.3 Å². The molecule has 0 aliphatic carbocycles. The maximum Gasteiger partial charge on any atom is 0.172 e. The average molecular weight is 242 g/mol. The van der Waals surface area contributed by atoms with Crippen LogP contribution in [0.1, 0.15) is 5.56 Å². The van der Waals surface area contributed by atoms with Gasteiger partial charge >= 0.3 is 0 Å². The Morgan fingerprint density at radius 1 is 1.44 bits per heavy atom. The van der Waals surface area contributed by atoms with Crippen LogP contribution in [0, 0.1) is 0 Å². The largest absolute Gasteiger partial charge is 0.377 e. The topological polar surface area (TPSA) is 29.5 Å². The van der Waals surface area contributed by atoms with Crippen LogP contribution in [0.4, 0.5) is 0 Å². The molecule has 0 amide bonds. The van der Waals surface area contributed by atoms with Gasteiger partial charge in [0.1, 0.15) is 6.61 Å². The zero-order chi connectivity index (χ0) is 12.0. The Balaban J connectivity index is 2.48. The monoisotopic (exact) mass is 241 g/mol. The fraction of sp³-hybridized carbons (Fsp3) is 0.417. The first-order chi connectivity index (χ1) is 7.63. The van der Waals surface area contributed by atoms with Crippen molar-refractivity contribution in [2.24, 2.45) is 0 Å². The number of ether oxygens (including phenoxy) is 1. The van der Waals surface area contributed by atoms with E-state index in [1.165, 1.54) is 7.11 Å². The van der Waals surface area contributed by atoms with Crippen molar-refractivity contribution in [2.45, 2.75) is 6.54 Å². The van der Waals surface area contributed by atoms with Crippen LogP contribution in [0.2, 0.25) is 5.02 Å². The molecular weight excluding hydrogens is 226 g/mol. The molecule has 0 radical (unpaired) electrons. The van der Waals surface area contributed by atoms with E-state index in [0.717, 1.165) is 10.6 Å². The van der Waals surface area contributed by atoms with E-state index in [1.807, 2.05) is 36.2 Å². The van der Waals surface area contributed by atoms with Crippen LogP contribution in [0.25, 0.3) is 0 Å². The lowest BCUT2D eigenvalue weighted by Crippen LogP contribution is -2.27. The highest BCUT2D eigenvalue weighted by Crippen LogP contribution is 2.16. The van der Waals surface area contributed by atoms with Gasteiger partial charge in [0.2, 0.25) is 0 Å². The molecule has 0 saturated carbocycles. The Kier molecular flexibility index (Phi) is 5.46. The van der Waals surface area contributed by atoms with Crippen LogP contribution in [-0.4, -0.2) is 38.0 Å². The summed E-state index contributed by atoms with van der Waals surface area (Å²) in [4.78, 5) is 13.2. The minimum absolute atomic E-state index is 0.0667. The number of carbonyl (C=O) groups is 1. The predicted molar refractivity (Wildman–Crippen MR) is 64.7 cm³/mol. The fourth-order valence-electron chi connectivity index (χ4n) is 1.48. The summed E-state index contributed by atoms with van der Waals surface area (Å²) in [5.41, 5.74) is 1.02. The van der Waals surface area contributed by atoms with E-state index in [2.05, 4.69) is 0 Å². The van der Waals surface area contributed by atoms with Crippen molar-refractivity contribution < 1.29 is 9.53 Å². The van der Waals surface area contributed by atoms with Crippen molar-refractivity contribution in [1.82, 2.24) is 4.90 Å². The summed E-state index contributed by atoms with van der Waals surface area (Å²) in [5, 5.41) is 0.730. The minimum atomic E-state index is 0.0667. The molecule has 0 heterocycles. The molecule has 4 heteroatoms. The average Bonchev–Trinajstić information content (AvgIpc) is 2.21. The van der Waals surface area contributed by atoms with Gasteiger partial charge in [-0.15, -0.1) is 0 Å². The van der Waals surface area contributed by atoms with E-state index in [4.69, 9.17) is 16.3 Å². The SMILES string of the molecule is COCC(=O)CN(C)Cc1ccccc1Cl. The second-order valence-electron chi connectivity index (χ2n) is 3.74. The molecule has 0 fully saturated rings. The van der Waals surface area contributed by atoms with Gasteiger partial charge in [-0.25, -0.2) is 0 Å².